The van der Waals surface area contributed by atoms with Crippen LogP contribution < -0.4 is 10.6 Å². The fourth-order valence-electron chi connectivity index (χ4n) is 3.23. The van der Waals surface area contributed by atoms with E-state index in [0.29, 0.717) is 6.54 Å². The zero-order chi connectivity index (χ0) is 22.2. The van der Waals surface area contributed by atoms with E-state index in [-0.39, 0.29) is 24.0 Å². The fraction of sp³-hybridized carbons (Fsp3) is 0.304. The first-order chi connectivity index (χ1) is 15.7. The van der Waals surface area contributed by atoms with Crippen molar-refractivity contribution < 1.29 is 0 Å². The second-order valence-corrected chi connectivity index (χ2v) is 8.47. The molecule has 10 heteroatoms. The molecule has 8 nitrogen and oxygen atoms in total. The SMILES string of the molecule is Cc1nnc(CN=C(NCCc2ccc(-n3cccn3)cc2)NCCc2cccs2)n1C.I. The van der Waals surface area contributed by atoms with Gasteiger partial charge in [0.05, 0.1) is 5.69 Å². The summed E-state index contributed by atoms with van der Waals surface area (Å²) < 4.78 is 3.83. The number of benzene rings is 1. The van der Waals surface area contributed by atoms with Crippen molar-refractivity contribution in [2.45, 2.75) is 26.3 Å². The lowest BCUT2D eigenvalue weighted by molar-refractivity contribution is 0.746. The summed E-state index contributed by atoms with van der Waals surface area (Å²) in [4.78, 5) is 6.09. The van der Waals surface area contributed by atoms with Crippen molar-refractivity contribution in [2.75, 3.05) is 13.1 Å². The van der Waals surface area contributed by atoms with Crippen molar-refractivity contribution in [3.8, 4) is 5.69 Å². The van der Waals surface area contributed by atoms with Gasteiger partial charge in [0, 0.05) is 37.4 Å². The number of rotatable bonds is 9. The Labute approximate surface area is 215 Å². The minimum Gasteiger partial charge on any atom is -0.356 e. The van der Waals surface area contributed by atoms with Crippen LogP contribution in [0.2, 0.25) is 0 Å². The number of hydrogen-bond acceptors (Lipinski definition) is 5. The van der Waals surface area contributed by atoms with E-state index < -0.39 is 0 Å². The van der Waals surface area contributed by atoms with Gasteiger partial charge in [0.15, 0.2) is 11.8 Å². The van der Waals surface area contributed by atoms with Crippen LogP contribution in [0.3, 0.4) is 0 Å². The van der Waals surface area contributed by atoms with Crippen LogP contribution in [0.5, 0.6) is 0 Å². The zero-order valence-electron chi connectivity index (χ0n) is 18.8. The van der Waals surface area contributed by atoms with Gasteiger partial charge >= 0.3 is 0 Å². The molecule has 2 N–H and O–H groups in total. The molecule has 0 fully saturated rings. The minimum absolute atomic E-state index is 0. The molecular formula is C23H29IN8S. The van der Waals surface area contributed by atoms with E-state index >= 15 is 0 Å². The summed E-state index contributed by atoms with van der Waals surface area (Å²) in [5.41, 5.74) is 2.32. The molecule has 0 radical (unpaired) electrons. The maximum Gasteiger partial charge on any atom is 0.191 e. The highest BCUT2D eigenvalue weighted by Gasteiger charge is 2.06. The predicted octanol–water partition coefficient (Wildman–Crippen LogP) is 3.51. The summed E-state index contributed by atoms with van der Waals surface area (Å²) in [6, 6.07) is 14.6. The van der Waals surface area contributed by atoms with Gasteiger partial charge in [-0.1, -0.05) is 18.2 Å². The van der Waals surface area contributed by atoms with Gasteiger partial charge in [-0.05, 0) is 55.0 Å². The third-order valence-electron chi connectivity index (χ3n) is 5.22. The summed E-state index contributed by atoms with van der Waals surface area (Å²) in [5.74, 6) is 2.51. The fourth-order valence-corrected chi connectivity index (χ4v) is 3.94. The highest BCUT2D eigenvalue weighted by molar-refractivity contribution is 14.0. The molecule has 3 heterocycles. The van der Waals surface area contributed by atoms with Crippen molar-refractivity contribution in [2.24, 2.45) is 12.0 Å². The Morgan fingerprint density at radius 2 is 1.82 bits per heavy atom. The molecule has 0 saturated heterocycles. The predicted molar refractivity (Wildman–Crippen MR) is 144 cm³/mol. The second kappa shape index (κ2) is 12.5. The summed E-state index contributed by atoms with van der Waals surface area (Å²) in [6.07, 6.45) is 5.59. The lowest BCUT2D eigenvalue weighted by Crippen LogP contribution is -2.39. The first kappa shape index (κ1) is 24.9. The topological polar surface area (TPSA) is 85.0 Å². The van der Waals surface area contributed by atoms with Crippen molar-refractivity contribution >= 4 is 41.3 Å². The number of aryl methyl sites for hydroxylation is 1. The highest BCUT2D eigenvalue weighted by Crippen LogP contribution is 2.09. The first-order valence-electron chi connectivity index (χ1n) is 10.7. The molecule has 0 saturated carbocycles. The summed E-state index contributed by atoms with van der Waals surface area (Å²) in [7, 11) is 1.96. The summed E-state index contributed by atoms with van der Waals surface area (Å²) in [6.45, 7) is 4.02. The van der Waals surface area contributed by atoms with E-state index in [4.69, 9.17) is 4.99 Å². The number of nitrogens with zero attached hydrogens (tertiary/aromatic N) is 6. The van der Waals surface area contributed by atoms with Gasteiger partial charge in [-0.25, -0.2) is 9.67 Å². The van der Waals surface area contributed by atoms with Crippen molar-refractivity contribution in [1.29, 1.82) is 0 Å². The van der Waals surface area contributed by atoms with Gasteiger partial charge < -0.3 is 15.2 Å². The third-order valence-corrected chi connectivity index (χ3v) is 6.15. The zero-order valence-corrected chi connectivity index (χ0v) is 22.0. The molecule has 0 amide bonds. The molecule has 0 aliphatic heterocycles. The Morgan fingerprint density at radius 3 is 2.45 bits per heavy atom. The number of aliphatic imine (C=N–C) groups is 1. The van der Waals surface area contributed by atoms with E-state index in [9.17, 15) is 0 Å². The average molecular weight is 577 g/mol. The summed E-state index contributed by atoms with van der Waals surface area (Å²) >= 11 is 1.78. The molecule has 0 unspecified atom stereocenters. The van der Waals surface area contributed by atoms with E-state index in [1.807, 2.05) is 35.5 Å². The first-order valence-corrected chi connectivity index (χ1v) is 11.6. The number of halogens is 1. The maximum absolute atomic E-state index is 4.73. The van der Waals surface area contributed by atoms with Gasteiger partial charge in [-0.2, -0.15) is 5.10 Å². The normalized spacial score (nSPS) is 11.3. The van der Waals surface area contributed by atoms with Gasteiger partial charge in [0.2, 0.25) is 0 Å². The van der Waals surface area contributed by atoms with Gasteiger partial charge in [-0.3, -0.25) is 0 Å². The van der Waals surface area contributed by atoms with Gasteiger partial charge in [0.1, 0.15) is 12.4 Å². The van der Waals surface area contributed by atoms with E-state index in [1.165, 1.54) is 10.4 Å². The van der Waals surface area contributed by atoms with Crippen LogP contribution >= 0.6 is 35.3 Å². The van der Waals surface area contributed by atoms with Crippen LogP contribution in [0.15, 0.2) is 65.2 Å². The molecule has 0 aliphatic carbocycles. The van der Waals surface area contributed by atoms with E-state index in [0.717, 1.165) is 49.2 Å². The van der Waals surface area contributed by atoms with Crippen LogP contribution in [0.1, 0.15) is 22.1 Å². The molecular weight excluding hydrogens is 547 g/mol. The van der Waals surface area contributed by atoms with Crippen LogP contribution in [0.4, 0.5) is 0 Å². The lowest BCUT2D eigenvalue weighted by atomic mass is 10.1. The van der Waals surface area contributed by atoms with E-state index in [1.54, 1.807) is 17.5 Å². The molecule has 0 aliphatic rings. The molecule has 0 atom stereocenters. The number of aromatic nitrogens is 5. The van der Waals surface area contributed by atoms with E-state index in [2.05, 4.69) is 67.7 Å². The van der Waals surface area contributed by atoms with Crippen LogP contribution in [0.25, 0.3) is 5.69 Å². The Bertz CT molecular complexity index is 1120. The number of hydrogen-bond donors (Lipinski definition) is 2. The molecule has 0 bridgehead atoms. The Kier molecular flexibility index (Phi) is 9.43. The molecule has 174 valence electrons. The minimum atomic E-state index is 0. The maximum atomic E-state index is 4.73. The molecule has 33 heavy (non-hydrogen) atoms. The molecule has 0 spiro atoms. The Balaban J connectivity index is 0.00000306. The largest absolute Gasteiger partial charge is 0.356 e. The third kappa shape index (κ3) is 7.13. The van der Waals surface area contributed by atoms with Gasteiger partial charge in [-0.15, -0.1) is 45.5 Å². The van der Waals surface area contributed by atoms with Crippen molar-refractivity contribution in [3.63, 3.8) is 0 Å². The number of guanidine groups is 1. The number of nitrogens with one attached hydrogen (secondary N) is 2. The summed E-state index contributed by atoms with van der Waals surface area (Å²) in [5, 5.41) is 21.6. The second-order valence-electron chi connectivity index (χ2n) is 7.44. The smallest absolute Gasteiger partial charge is 0.191 e. The molecule has 1 aromatic carbocycles. The van der Waals surface area contributed by atoms with Crippen molar-refractivity contribution in [1.82, 2.24) is 35.2 Å². The standard InChI is InChI=1S/C23H28N8S.HI/c1-18-28-29-22(30(18)2)17-26-23(25-14-11-21-5-3-16-32-21)24-13-10-19-6-8-20(9-7-19)31-15-4-12-27-31;/h3-9,12,15-16H,10-11,13-14,17H2,1-2H3,(H2,24,25,26);1H. The number of thiophene rings is 1. The van der Waals surface area contributed by atoms with Crippen molar-refractivity contribution in [3.05, 3.63) is 82.3 Å². The lowest BCUT2D eigenvalue weighted by Gasteiger charge is -2.13. The molecule has 4 aromatic rings. The Morgan fingerprint density at radius 1 is 1.03 bits per heavy atom. The Hall–Kier alpha value is -2.73. The van der Waals surface area contributed by atoms with Crippen LogP contribution in [-0.2, 0) is 26.4 Å². The van der Waals surface area contributed by atoms with Gasteiger partial charge in [0.25, 0.3) is 0 Å². The quantitative estimate of drug-likeness (QED) is 0.181. The molecule has 3 aromatic heterocycles. The van der Waals surface area contributed by atoms with Crippen LogP contribution in [0, 0.1) is 6.92 Å². The average Bonchev–Trinajstić information content (AvgIpc) is 3.57. The van der Waals surface area contributed by atoms with Crippen LogP contribution in [-0.4, -0.2) is 43.6 Å². The highest BCUT2D eigenvalue weighted by atomic mass is 127. The monoisotopic (exact) mass is 576 g/mol. The molecule has 4 rings (SSSR count).